The summed E-state index contributed by atoms with van der Waals surface area (Å²) < 4.78 is 124. The van der Waals surface area contributed by atoms with Gasteiger partial charge in [-0.3, -0.25) is 18.8 Å². The Bertz CT molecular complexity index is 2440. The monoisotopic (exact) mass is 793 g/mol. The molecule has 0 saturated carbocycles. The summed E-state index contributed by atoms with van der Waals surface area (Å²) in [5.74, 6) is -10.9. The average molecular weight is 794 g/mol. The number of halogens is 8. The van der Waals surface area contributed by atoms with Crippen molar-refractivity contribution in [3.63, 3.8) is 0 Å². The lowest BCUT2D eigenvalue weighted by Crippen LogP contribution is -2.41. The van der Waals surface area contributed by atoms with Crippen LogP contribution in [0.4, 0.5) is 41.3 Å². The fourth-order valence-electron chi connectivity index (χ4n) is 5.21. The van der Waals surface area contributed by atoms with Crippen molar-refractivity contribution in [2.45, 2.75) is 24.6 Å². The third kappa shape index (κ3) is 8.43. The number of ether oxygens (including phenoxy) is 1. The molecule has 23 heteroatoms. The summed E-state index contributed by atoms with van der Waals surface area (Å²) in [6.45, 7) is -2.19. The van der Waals surface area contributed by atoms with Crippen LogP contribution in [0.3, 0.4) is 0 Å². The van der Waals surface area contributed by atoms with Crippen LogP contribution in [-0.4, -0.2) is 80.6 Å². The van der Waals surface area contributed by atoms with E-state index >= 15 is 0 Å². The highest BCUT2D eigenvalue weighted by molar-refractivity contribution is 7.91. The van der Waals surface area contributed by atoms with Crippen LogP contribution in [0.2, 0.25) is 5.02 Å². The number of sulfone groups is 1. The summed E-state index contributed by atoms with van der Waals surface area (Å²) in [7, 11) is -2.45. The SMILES string of the molecule is Cn1nc(NC(=O)CS(C)(=O)=O)c2c(Cl)ccc(-n3c([C@H](Cc4cc(F)cc(F)c4)NC(=O)O)nc4nc(OCC(F)(F)C(F)(F)F)ccc4c3=O)c21. The minimum Gasteiger partial charge on any atom is -0.471 e. The lowest BCUT2D eigenvalue weighted by atomic mass is 10.0. The van der Waals surface area contributed by atoms with Crippen LogP contribution in [-0.2, 0) is 28.1 Å². The number of rotatable bonds is 11. The number of benzene rings is 2. The van der Waals surface area contributed by atoms with E-state index in [4.69, 9.17) is 11.6 Å². The highest BCUT2D eigenvalue weighted by Crippen LogP contribution is 2.37. The van der Waals surface area contributed by atoms with Gasteiger partial charge in [-0.25, -0.2) is 27.0 Å². The Kier molecular flexibility index (Phi) is 10.3. The van der Waals surface area contributed by atoms with E-state index < -0.39 is 98.7 Å². The second kappa shape index (κ2) is 14.1. The zero-order valence-electron chi connectivity index (χ0n) is 26.8. The first-order valence-electron chi connectivity index (χ1n) is 14.6. The van der Waals surface area contributed by atoms with Gasteiger partial charge in [0.05, 0.1) is 33.0 Å². The van der Waals surface area contributed by atoms with Crippen molar-refractivity contribution in [1.29, 1.82) is 0 Å². The summed E-state index contributed by atoms with van der Waals surface area (Å²) >= 11 is 6.47. The largest absolute Gasteiger partial charge is 0.471 e. The molecule has 3 aromatic heterocycles. The second-order valence-electron chi connectivity index (χ2n) is 11.5. The number of amides is 2. The maximum atomic E-state index is 14.3. The number of carbonyl (C=O) groups is 2. The fraction of sp³-hybridized carbons (Fsp3) is 0.267. The van der Waals surface area contributed by atoms with Gasteiger partial charge in [-0.05, 0) is 35.9 Å². The molecule has 0 radical (unpaired) electrons. The number of aryl methyl sites for hydroxylation is 1. The quantitative estimate of drug-likeness (QED) is 0.158. The Balaban J connectivity index is 1.77. The first-order valence-corrected chi connectivity index (χ1v) is 17.1. The molecule has 0 saturated heterocycles. The fourth-order valence-corrected chi connectivity index (χ4v) is 6.00. The van der Waals surface area contributed by atoms with Gasteiger partial charge in [-0.1, -0.05) is 11.6 Å². The number of anilines is 1. The highest BCUT2D eigenvalue weighted by atomic mass is 35.5. The number of carboxylic acid groups (broad SMARTS) is 1. The van der Waals surface area contributed by atoms with Crippen LogP contribution in [0.1, 0.15) is 17.4 Å². The number of pyridine rings is 1. The van der Waals surface area contributed by atoms with Crippen LogP contribution in [0.15, 0.2) is 47.3 Å². The van der Waals surface area contributed by atoms with E-state index in [-0.39, 0.29) is 33.0 Å². The van der Waals surface area contributed by atoms with Crippen molar-refractivity contribution in [3.05, 3.63) is 80.9 Å². The van der Waals surface area contributed by atoms with Crippen molar-refractivity contribution in [2.24, 2.45) is 7.05 Å². The van der Waals surface area contributed by atoms with Gasteiger partial charge in [-0.15, -0.1) is 0 Å². The Morgan fingerprint density at radius 3 is 2.30 bits per heavy atom. The predicted molar refractivity (Wildman–Crippen MR) is 173 cm³/mol. The molecule has 0 unspecified atom stereocenters. The molecule has 5 rings (SSSR count). The number of carbonyl (C=O) groups excluding carboxylic acids is 1. The number of nitrogens with one attached hydrogen (secondary N) is 2. The van der Waals surface area contributed by atoms with E-state index in [1.165, 1.54) is 19.2 Å². The van der Waals surface area contributed by atoms with Crippen molar-refractivity contribution in [1.82, 2.24) is 29.6 Å². The molecular formula is C30H23ClF7N7O7S. The van der Waals surface area contributed by atoms with Crippen LogP contribution in [0, 0.1) is 11.6 Å². The summed E-state index contributed by atoms with van der Waals surface area (Å²) in [5.41, 5.74) is -1.98. The maximum absolute atomic E-state index is 14.3. The summed E-state index contributed by atoms with van der Waals surface area (Å²) in [6, 6.07) is 4.85. The number of fused-ring (bicyclic) bond motifs is 2. The topological polar surface area (TPSA) is 187 Å². The summed E-state index contributed by atoms with van der Waals surface area (Å²) in [6.07, 6.45) is -7.45. The van der Waals surface area contributed by atoms with Gasteiger partial charge in [0.25, 0.3) is 5.56 Å². The van der Waals surface area contributed by atoms with Gasteiger partial charge in [0.2, 0.25) is 11.8 Å². The molecule has 0 fully saturated rings. The lowest BCUT2D eigenvalue weighted by Gasteiger charge is -2.22. The van der Waals surface area contributed by atoms with Crippen LogP contribution in [0.5, 0.6) is 5.88 Å². The van der Waals surface area contributed by atoms with Gasteiger partial charge in [0, 0.05) is 31.9 Å². The third-order valence-electron chi connectivity index (χ3n) is 7.33. The number of alkyl halides is 5. The normalized spacial score (nSPS) is 12.9. The molecular weight excluding hydrogens is 771 g/mol. The maximum Gasteiger partial charge on any atom is 0.456 e. The standard InChI is InChI=1S/C30H23ClF7N7O7S/c1-44-23-19(5-4-17(31)22(23)25(43-44)40-20(46)11-53(2,50)51)45-26(18(39-28(48)49)9-13-7-14(32)10-15(33)8-13)42-24-16(27(45)47)3-6-21(41-24)52-12-29(34,35)30(36,37)38/h3-8,10,18,39H,9,11-12H2,1-2H3,(H,48,49)(H,40,43,46)/t18-/m0/s1. The van der Waals surface area contributed by atoms with E-state index in [0.29, 0.717) is 6.07 Å². The zero-order chi connectivity index (χ0) is 39.2. The van der Waals surface area contributed by atoms with Gasteiger partial charge in [0.1, 0.15) is 23.2 Å². The zero-order valence-corrected chi connectivity index (χ0v) is 28.4. The van der Waals surface area contributed by atoms with Crippen LogP contribution >= 0.6 is 11.6 Å². The Morgan fingerprint density at radius 1 is 1.04 bits per heavy atom. The molecule has 2 aromatic carbocycles. The van der Waals surface area contributed by atoms with Gasteiger partial charge in [0.15, 0.2) is 27.9 Å². The molecule has 2 amide bonds. The average Bonchev–Trinajstić information content (AvgIpc) is 3.34. The molecule has 0 bridgehead atoms. The molecule has 14 nitrogen and oxygen atoms in total. The molecule has 282 valence electrons. The Hall–Kier alpha value is -5.51. The molecule has 1 atom stereocenters. The lowest BCUT2D eigenvalue weighted by molar-refractivity contribution is -0.290. The van der Waals surface area contributed by atoms with Crippen molar-refractivity contribution >= 4 is 61.2 Å². The molecule has 3 heterocycles. The van der Waals surface area contributed by atoms with Crippen LogP contribution in [0.25, 0.3) is 27.6 Å². The smallest absolute Gasteiger partial charge is 0.456 e. The molecule has 0 aliphatic carbocycles. The van der Waals surface area contributed by atoms with Gasteiger partial charge >= 0.3 is 18.2 Å². The second-order valence-corrected chi connectivity index (χ2v) is 14.0. The van der Waals surface area contributed by atoms with E-state index in [9.17, 15) is 58.6 Å². The summed E-state index contributed by atoms with van der Waals surface area (Å²) in [5, 5.41) is 17.9. The third-order valence-corrected chi connectivity index (χ3v) is 8.43. The molecule has 5 aromatic rings. The first kappa shape index (κ1) is 38.7. The van der Waals surface area contributed by atoms with E-state index in [2.05, 4.69) is 30.4 Å². The minimum atomic E-state index is -5.97. The van der Waals surface area contributed by atoms with E-state index in [0.717, 1.165) is 39.8 Å². The van der Waals surface area contributed by atoms with Crippen molar-refractivity contribution in [2.75, 3.05) is 23.9 Å². The highest BCUT2D eigenvalue weighted by Gasteiger charge is 2.58. The van der Waals surface area contributed by atoms with Gasteiger partial charge < -0.3 is 20.5 Å². The molecule has 53 heavy (non-hydrogen) atoms. The number of hydrogen-bond acceptors (Lipinski definition) is 9. The minimum absolute atomic E-state index is 0.0233. The van der Waals surface area contributed by atoms with Gasteiger partial charge in [-0.2, -0.15) is 32.0 Å². The van der Waals surface area contributed by atoms with E-state index in [1.807, 2.05) is 0 Å². The summed E-state index contributed by atoms with van der Waals surface area (Å²) in [4.78, 5) is 46.9. The number of hydrogen-bond donors (Lipinski definition) is 3. The molecule has 0 spiro atoms. The predicted octanol–water partition coefficient (Wildman–Crippen LogP) is 4.71. The molecule has 3 N–H and O–H groups in total. The van der Waals surface area contributed by atoms with Crippen LogP contribution < -0.4 is 20.9 Å². The first-order chi connectivity index (χ1) is 24.5. The van der Waals surface area contributed by atoms with E-state index in [1.54, 1.807) is 0 Å². The van der Waals surface area contributed by atoms with Crippen molar-refractivity contribution < 1.29 is 58.6 Å². The number of nitrogens with zero attached hydrogens (tertiary/aromatic N) is 5. The van der Waals surface area contributed by atoms with Crippen molar-refractivity contribution in [3.8, 4) is 11.6 Å². The molecule has 0 aliphatic rings. The Morgan fingerprint density at radius 2 is 1.70 bits per heavy atom. The number of aromatic nitrogens is 5. The Labute approximate surface area is 297 Å². The molecule has 0 aliphatic heterocycles.